The number of hydrogen-bond acceptors (Lipinski definition) is 4. The third kappa shape index (κ3) is 2.27. The molecular weight excluding hydrogens is 307 g/mol. The molecule has 0 unspecified atom stereocenters. The van der Waals surface area contributed by atoms with Crippen molar-refractivity contribution in [3.63, 3.8) is 0 Å². The molecule has 0 aromatic carbocycles. The lowest BCUT2D eigenvalue weighted by Gasteiger charge is -2.09. The lowest BCUT2D eigenvalue weighted by atomic mass is 10.2. The number of anilines is 1. The van der Waals surface area contributed by atoms with Gasteiger partial charge in [0.1, 0.15) is 5.69 Å². The smallest absolute Gasteiger partial charge is 0.397 e. The number of halogens is 4. The van der Waals surface area contributed by atoms with Crippen molar-refractivity contribution < 1.29 is 13.2 Å². The predicted octanol–water partition coefficient (Wildman–Crippen LogP) is 3.05. The molecule has 0 aliphatic rings. The largest absolute Gasteiger partial charge is 0.417 e. The first kappa shape index (κ1) is 13.6. The Morgan fingerprint density at radius 2 is 2.00 bits per heavy atom. The quantitative estimate of drug-likeness (QED) is 0.749. The second-order valence-corrected chi connectivity index (χ2v) is 4.64. The summed E-state index contributed by atoms with van der Waals surface area (Å²) in [5.74, 6) is 0.0936. The average Bonchev–Trinajstić information content (AvgIpc) is 2.82. The van der Waals surface area contributed by atoms with Crippen molar-refractivity contribution in [1.29, 1.82) is 0 Å². The normalized spacial score (nSPS) is 12.0. The van der Waals surface area contributed by atoms with E-state index in [2.05, 4.69) is 15.2 Å². The van der Waals surface area contributed by atoms with Crippen LogP contribution in [0, 0.1) is 0 Å². The van der Waals surface area contributed by atoms with Crippen LogP contribution in [0.15, 0.2) is 30.6 Å². The highest BCUT2D eigenvalue weighted by molar-refractivity contribution is 6.33. The summed E-state index contributed by atoms with van der Waals surface area (Å²) in [5, 5.41) is 7.45. The minimum absolute atomic E-state index is 0.0936. The highest BCUT2D eigenvalue weighted by Gasteiger charge is 2.32. The fourth-order valence-electron chi connectivity index (χ4n) is 1.87. The fraction of sp³-hybridized carbons (Fsp3) is 0.0833. The van der Waals surface area contributed by atoms with E-state index in [9.17, 15) is 13.2 Å². The molecule has 3 aromatic rings. The van der Waals surface area contributed by atoms with Gasteiger partial charge in [0.05, 0.1) is 16.3 Å². The van der Waals surface area contributed by atoms with Crippen molar-refractivity contribution in [2.75, 3.05) is 5.73 Å². The molecule has 3 aromatic heterocycles. The van der Waals surface area contributed by atoms with Gasteiger partial charge in [-0.05, 0) is 18.2 Å². The van der Waals surface area contributed by atoms with Crippen LogP contribution in [-0.4, -0.2) is 19.6 Å². The number of pyridine rings is 2. The Kier molecular flexibility index (Phi) is 2.98. The average molecular weight is 314 g/mol. The highest BCUT2D eigenvalue weighted by atomic mass is 35.5. The molecule has 3 rings (SSSR count). The van der Waals surface area contributed by atoms with E-state index in [1.54, 1.807) is 12.1 Å². The number of nitrogen functional groups attached to an aromatic ring is 1. The van der Waals surface area contributed by atoms with Crippen LogP contribution in [0.4, 0.5) is 18.9 Å². The zero-order chi connectivity index (χ0) is 15.2. The summed E-state index contributed by atoms with van der Waals surface area (Å²) in [6, 6.07) is 3.98. The molecule has 5 nitrogen and oxygen atoms in total. The minimum Gasteiger partial charge on any atom is -0.397 e. The lowest BCUT2D eigenvalue weighted by Crippen LogP contribution is -2.07. The maximum absolute atomic E-state index is 12.9. The number of nitrogens with zero attached hydrogens (tertiary/aromatic N) is 4. The molecule has 9 heteroatoms. The Labute approximate surface area is 121 Å². The fourth-order valence-corrected chi connectivity index (χ4v) is 2.12. The van der Waals surface area contributed by atoms with Gasteiger partial charge in [0.25, 0.3) is 0 Å². The second kappa shape index (κ2) is 4.59. The van der Waals surface area contributed by atoms with Crippen LogP contribution in [0.1, 0.15) is 5.56 Å². The standard InChI is InChI=1S/C12H7ClF3N5/c13-7-4-6(12(14,15)16)5-21-10(7)19-20-11(21)9-8(17)2-1-3-18-9/h1-5H,17H2. The van der Waals surface area contributed by atoms with Crippen LogP contribution in [0.3, 0.4) is 0 Å². The van der Waals surface area contributed by atoms with Gasteiger partial charge >= 0.3 is 6.18 Å². The van der Waals surface area contributed by atoms with Gasteiger partial charge in [-0.15, -0.1) is 10.2 Å². The summed E-state index contributed by atoms with van der Waals surface area (Å²) in [7, 11) is 0. The molecule has 0 spiro atoms. The maximum atomic E-state index is 12.9. The van der Waals surface area contributed by atoms with Gasteiger partial charge in [-0.1, -0.05) is 11.6 Å². The van der Waals surface area contributed by atoms with Crippen molar-refractivity contribution in [2.45, 2.75) is 6.18 Å². The Bertz CT molecular complexity index is 827. The van der Waals surface area contributed by atoms with Gasteiger partial charge in [-0.3, -0.25) is 9.38 Å². The molecule has 108 valence electrons. The van der Waals surface area contributed by atoms with Crippen LogP contribution in [-0.2, 0) is 6.18 Å². The van der Waals surface area contributed by atoms with Crippen LogP contribution in [0.25, 0.3) is 17.2 Å². The van der Waals surface area contributed by atoms with E-state index in [1.807, 2.05) is 0 Å². The molecule has 21 heavy (non-hydrogen) atoms. The first-order chi connectivity index (χ1) is 9.88. The Morgan fingerprint density at radius 1 is 1.24 bits per heavy atom. The molecule has 0 amide bonds. The van der Waals surface area contributed by atoms with E-state index in [0.717, 1.165) is 16.7 Å². The molecule has 0 fully saturated rings. The third-order valence-corrected chi connectivity index (χ3v) is 3.12. The minimum atomic E-state index is -4.53. The first-order valence-corrected chi connectivity index (χ1v) is 6.08. The third-order valence-electron chi connectivity index (χ3n) is 2.84. The van der Waals surface area contributed by atoms with E-state index < -0.39 is 11.7 Å². The molecule has 0 bridgehead atoms. The molecule has 0 saturated carbocycles. The van der Waals surface area contributed by atoms with Crippen molar-refractivity contribution in [3.05, 3.63) is 41.2 Å². The summed E-state index contributed by atoms with van der Waals surface area (Å²) >= 11 is 5.83. The highest BCUT2D eigenvalue weighted by Crippen LogP contribution is 2.33. The second-order valence-electron chi connectivity index (χ2n) is 4.23. The molecule has 0 radical (unpaired) electrons. The van der Waals surface area contributed by atoms with E-state index in [4.69, 9.17) is 17.3 Å². The molecule has 0 aliphatic carbocycles. The van der Waals surface area contributed by atoms with Crippen molar-refractivity contribution in [2.24, 2.45) is 0 Å². The number of rotatable bonds is 1. The zero-order valence-electron chi connectivity index (χ0n) is 10.3. The van der Waals surface area contributed by atoms with E-state index in [0.29, 0.717) is 0 Å². The number of hydrogen-bond donors (Lipinski definition) is 1. The van der Waals surface area contributed by atoms with Crippen LogP contribution in [0.2, 0.25) is 5.02 Å². The van der Waals surface area contributed by atoms with Crippen molar-refractivity contribution in [1.82, 2.24) is 19.6 Å². The van der Waals surface area contributed by atoms with Gasteiger partial charge in [0.2, 0.25) is 0 Å². The zero-order valence-corrected chi connectivity index (χ0v) is 11.0. The Hall–Kier alpha value is -2.35. The summed E-state index contributed by atoms with van der Waals surface area (Å²) < 4.78 is 39.7. The molecule has 0 saturated heterocycles. The summed E-state index contributed by atoms with van der Waals surface area (Å²) in [4.78, 5) is 4.02. The maximum Gasteiger partial charge on any atom is 0.417 e. The van der Waals surface area contributed by atoms with Crippen LogP contribution < -0.4 is 5.73 Å². The van der Waals surface area contributed by atoms with Gasteiger partial charge in [0, 0.05) is 12.4 Å². The van der Waals surface area contributed by atoms with Gasteiger partial charge in [-0.25, -0.2) is 0 Å². The van der Waals surface area contributed by atoms with E-state index in [-0.39, 0.29) is 27.9 Å². The lowest BCUT2D eigenvalue weighted by molar-refractivity contribution is -0.137. The molecule has 3 heterocycles. The van der Waals surface area contributed by atoms with Gasteiger partial charge < -0.3 is 5.73 Å². The summed E-state index contributed by atoms with van der Waals surface area (Å²) in [6.07, 6.45) is -2.21. The Balaban J connectivity index is 2.31. The van der Waals surface area contributed by atoms with E-state index in [1.165, 1.54) is 6.20 Å². The van der Waals surface area contributed by atoms with E-state index >= 15 is 0 Å². The van der Waals surface area contributed by atoms with Gasteiger partial charge in [-0.2, -0.15) is 13.2 Å². The monoisotopic (exact) mass is 313 g/mol. The molecular formula is C12H7ClF3N5. The Morgan fingerprint density at radius 3 is 2.67 bits per heavy atom. The van der Waals surface area contributed by atoms with Gasteiger partial charge in [0.15, 0.2) is 11.5 Å². The topological polar surface area (TPSA) is 69.1 Å². The molecule has 2 N–H and O–H groups in total. The van der Waals surface area contributed by atoms with Crippen LogP contribution >= 0.6 is 11.6 Å². The number of aromatic nitrogens is 4. The molecule has 0 aliphatic heterocycles. The first-order valence-electron chi connectivity index (χ1n) is 5.70. The van der Waals surface area contributed by atoms with Crippen molar-refractivity contribution >= 4 is 22.9 Å². The van der Waals surface area contributed by atoms with Crippen molar-refractivity contribution in [3.8, 4) is 11.5 Å². The summed E-state index contributed by atoms with van der Waals surface area (Å²) in [5.41, 5.74) is 5.48. The number of nitrogens with two attached hydrogens (primary N) is 1. The molecule has 0 atom stereocenters. The number of fused-ring (bicyclic) bond motifs is 1. The number of alkyl halides is 3. The van der Waals surface area contributed by atoms with Crippen LogP contribution in [0.5, 0.6) is 0 Å². The summed E-state index contributed by atoms with van der Waals surface area (Å²) in [6.45, 7) is 0. The predicted molar refractivity (Wildman–Crippen MR) is 70.6 cm³/mol. The SMILES string of the molecule is Nc1cccnc1-c1nnc2c(Cl)cc(C(F)(F)F)cn12.